The summed E-state index contributed by atoms with van der Waals surface area (Å²) in [6, 6.07) is 0.0411. The van der Waals surface area contributed by atoms with Crippen LogP contribution in [-0.2, 0) is 14.6 Å². The minimum atomic E-state index is -2.77. The van der Waals surface area contributed by atoms with Crippen molar-refractivity contribution in [2.75, 3.05) is 50.9 Å². The Morgan fingerprint density at radius 2 is 1.42 bits per heavy atom. The van der Waals surface area contributed by atoms with Crippen LogP contribution in [0, 0.1) is 17.8 Å². The molecule has 0 aromatic rings. The summed E-state index contributed by atoms with van der Waals surface area (Å²) in [7, 11) is -2.77. The molecule has 4 aliphatic carbocycles. The fraction of sp³-hybridized carbons (Fsp3) is 0.960. The standard InChI is InChI=1S/C25H45N3O4S/c29-24(27-25-18-21-15-22(19-25)17-23(16-21)20-25)26-7-3-1-5-11-32-12-6-2-4-8-28-9-13-33(30,31)14-10-28/h21-23H,1-20H2,(H2,26,27,29). The van der Waals surface area contributed by atoms with Crippen molar-refractivity contribution in [2.45, 2.75) is 82.6 Å². The van der Waals surface area contributed by atoms with Crippen LogP contribution in [-0.4, -0.2) is 75.8 Å². The first-order valence-electron chi connectivity index (χ1n) is 13.5. The highest BCUT2D eigenvalue weighted by atomic mass is 32.2. The third-order valence-electron chi connectivity index (χ3n) is 8.37. The predicted molar refractivity (Wildman–Crippen MR) is 131 cm³/mol. The average Bonchev–Trinajstić information content (AvgIpc) is 2.74. The van der Waals surface area contributed by atoms with Crippen molar-refractivity contribution in [3.8, 4) is 0 Å². The van der Waals surface area contributed by atoms with Gasteiger partial charge in [0.25, 0.3) is 0 Å². The number of amides is 2. The van der Waals surface area contributed by atoms with Crippen molar-refractivity contribution in [3.05, 3.63) is 0 Å². The molecule has 33 heavy (non-hydrogen) atoms. The van der Waals surface area contributed by atoms with E-state index in [1.54, 1.807) is 0 Å². The van der Waals surface area contributed by atoms with E-state index in [9.17, 15) is 13.2 Å². The Morgan fingerprint density at radius 1 is 0.848 bits per heavy atom. The Balaban J connectivity index is 0.931. The lowest BCUT2D eigenvalue weighted by molar-refractivity contribution is -0.0135. The first kappa shape index (κ1) is 25.2. The van der Waals surface area contributed by atoms with E-state index in [0.29, 0.717) is 24.6 Å². The van der Waals surface area contributed by atoms with E-state index in [1.807, 2.05) is 0 Å². The lowest BCUT2D eigenvalue weighted by atomic mass is 9.53. The van der Waals surface area contributed by atoms with Gasteiger partial charge in [-0.25, -0.2) is 13.2 Å². The molecule has 0 unspecified atom stereocenters. The average molecular weight is 484 g/mol. The van der Waals surface area contributed by atoms with Crippen LogP contribution < -0.4 is 10.6 Å². The summed E-state index contributed by atoms with van der Waals surface area (Å²) in [5.74, 6) is 3.20. The highest BCUT2D eigenvalue weighted by Gasteiger charge is 2.51. The van der Waals surface area contributed by atoms with E-state index in [-0.39, 0.29) is 11.6 Å². The number of hydrogen-bond donors (Lipinski definition) is 2. The second-order valence-corrected chi connectivity index (χ2v) is 13.6. The van der Waals surface area contributed by atoms with Crippen LogP contribution in [0.25, 0.3) is 0 Å². The van der Waals surface area contributed by atoms with E-state index < -0.39 is 9.84 Å². The topological polar surface area (TPSA) is 87.7 Å². The number of sulfone groups is 1. The van der Waals surface area contributed by atoms with E-state index in [4.69, 9.17) is 4.74 Å². The summed E-state index contributed by atoms with van der Waals surface area (Å²) in [5.41, 5.74) is 0.0983. The van der Waals surface area contributed by atoms with Gasteiger partial charge in [-0.2, -0.15) is 0 Å². The molecule has 0 atom stereocenters. The van der Waals surface area contributed by atoms with Gasteiger partial charge in [-0.3, -0.25) is 0 Å². The molecule has 0 spiro atoms. The van der Waals surface area contributed by atoms with Gasteiger partial charge in [0.1, 0.15) is 0 Å². The molecule has 2 N–H and O–H groups in total. The van der Waals surface area contributed by atoms with Gasteiger partial charge in [-0.05, 0) is 101 Å². The molecule has 8 heteroatoms. The molecule has 7 nitrogen and oxygen atoms in total. The number of ether oxygens (including phenoxy) is 1. The molecule has 5 aliphatic rings. The van der Waals surface area contributed by atoms with Crippen molar-refractivity contribution in [2.24, 2.45) is 17.8 Å². The smallest absolute Gasteiger partial charge is 0.315 e. The molecule has 0 aromatic carbocycles. The predicted octanol–water partition coefficient (Wildman–Crippen LogP) is 3.34. The zero-order valence-corrected chi connectivity index (χ0v) is 21.2. The van der Waals surface area contributed by atoms with Crippen molar-refractivity contribution in [1.29, 1.82) is 0 Å². The fourth-order valence-corrected chi connectivity index (χ4v) is 8.33. The summed E-state index contributed by atoms with van der Waals surface area (Å²) in [4.78, 5) is 14.7. The van der Waals surface area contributed by atoms with E-state index in [0.717, 1.165) is 82.6 Å². The van der Waals surface area contributed by atoms with Crippen LogP contribution >= 0.6 is 0 Å². The molecular weight excluding hydrogens is 438 g/mol. The van der Waals surface area contributed by atoms with E-state index in [1.165, 1.54) is 38.5 Å². The zero-order valence-electron chi connectivity index (χ0n) is 20.4. The Morgan fingerprint density at radius 3 is 2.03 bits per heavy atom. The molecular formula is C25H45N3O4S. The van der Waals surface area contributed by atoms with Gasteiger partial charge >= 0.3 is 6.03 Å². The molecule has 0 aromatic heterocycles. The summed E-state index contributed by atoms with van der Waals surface area (Å²) in [6.45, 7) is 4.73. The van der Waals surface area contributed by atoms with E-state index >= 15 is 0 Å². The van der Waals surface area contributed by atoms with Crippen LogP contribution in [0.4, 0.5) is 4.79 Å². The zero-order chi connectivity index (χ0) is 23.2. The molecule has 1 saturated heterocycles. The highest BCUT2D eigenvalue weighted by molar-refractivity contribution is 7.91. The van der Waals surface area contributed by atoms with Gasteiger partial charge in [0, 0.05) is 38.4 Å². The Hall–Kier alpha value is -0.860. The molecule has 1 aliphatic heterocycles. The van der Waals surface area contributed by atoms with Crippen molar-refractivity contribution >= 4 is 15.9 Å². The molecule has 4 saturated carbocycles. The SMILES string of the molecule is O=C(NCCCCCOCCCCCN1CCS(=O)(=O)CC1)NC12CC3CC(CC(C3)C1)C2. The van der Waals surface area contributed by atoms with Crippen molar-refractivity contribution in [1.82, 2.24) is 15.5 Å². The lowest BCUT2D eigenvalue weighted by Gasteiger charge is -2.56. The molecule has 5 fully saturated rings. The fourth-order valence-electron chi connectivity index (χ4n) is 7.05. The minimum Gasteiger partial charge on any atom is -0.381 e. The van der Waals surface area contributed by atoms with Crippen molar-refractivity contribution < 1.29 is 17.9 Å². The maximum Gasteiger partial charge on any atom is 0.315 e. The van der Waals surface area contributed by atoms with Gasteiger partial charge < -0.3 is 20.3 Å². The molecule has 2 amide bonds. The largest absolute Gasteiger partial charge is 0.381 e. The summed E-state index contributed by atoms with van der Waals surface area (Å²) in [5, 5.41) is 6.47. The number of nitrogens with zero attached hydrogens (tertiary/aromatic N) is 1. The molecule has 1 heterocycles. The van der Waals surface area contributed by atoms with Crippen LogP contribution in [0.5, 0.6) is 0 Å². The number of carbonyl (C=O) groups excluding carboxylic acids is 1. The van der Waals surface area contributed by atoms with Crippen LogP contribution in [0.1, 0.15) is 77.0 Å². The first-order valence-corrected chi connectivity index (χ1v) is 15.3. The molecule has 5 rings (SSSR count). The Kier molecular flexibility index (Phi) is 8.96. The van der Waals surface area contributed by atoms with Crippen molar-refractivity contribution in [3.63, 3.8) is 0 Å². The highest BCUT2D eigenvalue weighted by Crippen LogP contribution is 2.55. The van der Waals surface area contributed by atoms with Gasteiger partial charge in [0.15, 0.2) is 9.84 Å². The number of unbranched alkanes of at least 4 members (excludes halogenated alkanes) is 4. The first-order chi connectivity index (χ1) is 15.9. The van der Waals surface area contributed by atoms with Gasteiger partial charge in [-0.1, -0.05) is 0 Å². The summed E-state index contributed by atoms with van der Waals surface area (Å²) >= 11 is 0. The minimum absolute atomic E-state index is 0.0411. The quantitative estimate of drug-likeness (QED) is 0.392. The third-order valence-corrected chi connectivity index (χ3v) is 9.98. The Labute approximate surface area is 200 Å². The van der Waals surface area contributed by atoms with E-state index in [2.05, 4.69) is 15.5 Å². The van der Waals surface area contributed by atoms with Crippen LogP contribution in [0.3, 0.4) is 0 Å². The molecule has 4 bridgehead atoms. The number of urea groups is 1. The number of nitrogens with one attached hydrogen (secondary N) is 2. The number of rotatable bonds is 13. The lowest BCUT2D eigenvalue weighted by Crippen LogP contribution is -2.61. The number of carbonyl (C=O) groups is 1. The summed E-state index contributed by atoms with van der Waals surface area (Å²) < 4.78 is 28.6. The van der Waals surface area contributed by atoms with Gasteiger partial charge in [0.2, 0.25) is 0 Å². The molecule has 0 radical (unpaired) electrons. The van der Waals surface area contributed by atoms with Crippen LogP contribution in [0.2, 0.25) is 0 Å². The van der Waals surface area contributed by atoms with Gasteiger partial charge in [-0.15, -0.1) is 0 Å². The summed E-state index contributed by atoms with van der Waals surface area (Å²) in [6.07, 6.45) is 14.2. The normalized spacial score (nSPS) is 32.7. The maximum atomic E-state index is 12.4. The second kappa shape index (κ2) is 11.7. The monoisotopic (exact) mass is 483 g/mol. The maximum absolute atomic E-state index is 12.4. The third kappa shape index (κ3) is 7.82. The van der Waals surface area contributed by atoms with Gasteiger partial charge in [0.05, 0.1) is 11.5 Å². The second-order valence-electron chi connectivity index (χ2n) is 11.3. The Bertz CT molecular complexity index is 693. The van der Waals surface area contributed by atoms with Crippen LogP contribution in [0.15, 0.2) is 0 Å². The number of hydrogen-bond acceptors (Lipinski definition) is 5. The molecule has 190 valence electrons.